The van der Waals surface area contributed by atoms with Gasteiger partial charge >= 0.3 is 12.3 Å². The third-order valence-corrected chi connectivity index (χ3v) is 14.6. The average Bonchev–Trinajstić information content (AvgIpc) is 4.06. The summed E-state index contributed by atoms with van der Waals surface area (Å²) in [6, 6.07) is 2.36. The van der Waals surface area contributed by atoms with Crippen LogP contribution in [0.15, 0.2) is 36.5 Å². The number of fused-ring (bicyclic) bond motifs is 3. The number of alkyl carbamates (subject to hydrolysis) is 1. The predicted octanol–water partition coefficient (Wildman–Crippen LogP) is 5.31. The zero-order valence-electron chi connectivity index (χ0n) is 34.8. The highest BCUT2D eigenvalue weighted by Gasteiger charge is 2.63. The van der Waals surface area contributed by atoms with Gasteiger partial charge in [0.05, 0.1) is 31.7 Å². The maximum atomic E-state index is 14.9. The number of hydrogen-bond donors (Lipinski definition) is 3. The first kappa shape index (κ1) is 44.7. The van der Waals surface area contributed by atoms with Crippen LogP contribution in [0.2, 0.25) is 0 Å². The molecule has 2 aliphatic carbocycles. The molecule has 7 atom stereocenters. The quantitative estimate of drug-likeness (QED) is 0.262. The molecule has 3 heterocycles. The molecule has 2 aliphatic heterocycles. The van der Waals surface area contributed by atoms with E-state index in [9.17, 15) is 40.8 Å². The van der Waals surface area contributed by atoms with Crippen LogP contribution in [-0.2, 0) is 29.1 Å². The van der Waals surface area contributed by atoms with Gasteiger partial charge in [0.1, 0.15) is 35.2 Å². The van der Waals surface area contributed by atoms with Gasteiger partial charge in [0, 0.05) is 23.1 Å². The molecule has 4 aliphatic rings. The number of alkyl halides is 3. The fourth-order valence-electron chi connectivity index (χ4n) is 7.97. The number of hydrogen-bond acceptors (Lipinski definition) is 11. The summed E-state index contributed by atoms with van der Waals surface area (Å²) in [6.45, 7) is 6.44. The van der Waals surface area contributed by atoms with Crippen LogP contribution in [0, 0.1) is 17.8 Å². The van der Waals surface area contributed by atoms with Gasteiger partial charge in [0.2, 0.25) is 33.3 Å². The molecule has 6 rings (SSSR count). The van der Waals surface area contributed by atoms with E-state index in [0.717, 1.165) is 0 Å². The number of nitrogens with zero attached hydrogens (tertiary/aromatic N) is 2. The molecule has 1 saturated heterocycles. The fraction of sp³-hybridized carbons (Fsp3) is 0.634. The summed E-state index contributed by atoms with van der Waals surface area (Å²) in [5.74, 6) is -2.56. The Bertz CT molecular complexity index is 2150. The first-order chi connectivity index (χ1) is 28.1. The van der Waals surface area contributed by atoms with E-state index in [1.165, 1.54) is 32.2 Å². The van der Waals surface area contributed by atoms with Crippen LogP contribution in [-0.4, -0.2) is 103 Å². The normalized spacial score (nSPS) is 28.3. The van der Waals surface area contributed by atoms with Gasteiger partial charge in [-0.1, -0.05) is 32.4 Å². The standard InChI is InChI=1S/C41H54F3N5O10S/c1-8-24-17-23(2)11-9-10-12-25-20-40(25,36(52)48-60(54,55)39(5)15-16-39)47-33(50)30-19-27(58-34-28-14-13-26(56-6)18-29(28)31(57-7)21-45-34)22-49(30)35(51)32(24)46-37(53)59-38(3,4)41(42,43)44/h10,12-14,18,21,23-25,27,30,32H,8-9,11,15-17,19-20,22H2,1-7H3,(H,46,53)(H,47,50)(H,48,52)/t23-,24-,25-,27-,30+,32+,40-/m1/s1. The van der Waals surface area contributed by atoms with E-state index >= 15 is 0 Å². The summed E-state index contributed by atoms with van der Waals surface area (Å²) < 4.78 is 91.2. The number of amides is 4. The van der Waals surface area contributed by atoms with Crippen molar-refractivity contribution in [3.63, 3.8) is 0 Å². The number of aromatic nitrogens is 1. The molecule has 4 amide bonds. The summed E-state index contributed by atoms with van der Waals surface area (Å²) in [4.78, 5) is 62.4. The van der Waals surface area contributed by atoms with Crippen molar-refractivity contribution in [3.05, 3.63) is 36.5 Å². The topological polar surface area (TPSA) is 192 Å². The largest absolute Gasteiger partial charge is 0.497 e. The maximum absolute atomic E-state index is 14.9. The number of rotatable bonds is 10. The Morgan fingerprint density at radius 1 is 1.08 bits per heavy atom. The summed E-state index contributed by atoms with van der Waals surface area (Å²) in [5, 5.41) is 6.36. The molecule has 2 saturated carbocycles. The number of carbonyl (C=O) groups is 4. The molecule has 19 heteroatoms. The fourth-order valence-corrected chi connectivity index (χ4v) is 9.28. The molecular formula is C41H54F3N5O10S. The molecule has 0 bridgehead atoms. The number of benzene rings is 1. The summed E-state index contributed by atoms with van der Waals surface area (Å²) in [6.07, 6.45) is 0.373. The Kier molecular flexibility index (Phi) is 12.4. The van der Waals surface area contributed by atoms with Crippen LogP contribution >= 0.6 is 0 Å². The van der Waals surface area contributed by atoms with Gasteiger partial charge in [-0.05, 0) is 89.3 Å². The van der Waals surface area contributed by atoms with Crippen LogP contribution < -0.4 is 29.6 Å². The molecule has 0 unspecified atom stereocenters. The number of halogens is 3. The number of pyridine rings is 1. The number of ether oxygens (including phenoxy) is 4. The highest BCUT2D eigenvalue weighted by atomic mass is 32.2. The van der Waals surface area contributed by atoms with Crippen LogP contribution in [0.3, 0.4) is 0 Å². The molecule has 0 radical (unpaired) electrons. The summed E-state index contributed by atoms with van der Waals surface area (Å²) in [7, 11) is -1.10. The molecule has 3 N–H and O–H groups in total. The lowest BCUT2D eigenvalue weighted by molar-refractivity contribution is -0.244. The Hall–Kier alpha value is -4.81. The van der Waals surface area contributed by atoms with E-state index in [-0.39, 0.29) is 31.2 Å². The lowest BCUT2D eigenvalue weighted by Crippen LogP contribution is -2.60. The van der Waals surface area contributed by atoms with Gasteiger partial charge in [0.15, 0.2) is 0 Å². The molecule has 1 aromatic carbocycles. The minimum atomic E-state index is -4.92. The highest BCUT2D eigenvalue weighted by molar-refractivity contribution is 7.91. The van der Waals surface area contributed by atoms with Crippen molar-refractivity contribution in [2.24, 2.45) is 17.8 Å². The van der Waals surface area contributed by atoms with Crippen LogP contribution in [0.25, 0.3) is 10.8 Å². The third kappa shape index (κ3) is 8.96. The van der Waals surface area contributed by atoms with Crippen LogP contribution in [0.4, 0.5) is 18.0 Å². The number of methoxy groups -OCH3 is 2. The number of carbonyl (C=O) groups excluding carboxylic acids is 4. The van der Waals surface area contributed by atoms with Crippen LogP contribution in [0.1, 0.15) is 86.0 Å². The van der Waals surface area contributed by atoms with E-state index in [1.807, 2.05) is 13.0 Å². The second-order valence-corrected chi connectivity index (χ2v) is 19.4. The van der Waals surface area contributed by atoms with Crippen molar-refractivity contribution in [2.75, 3.05) is 20.8 Å². The van der Waals surface area contributed by atoms with Crippen molar-refractivity contribution < 1.29 is 59.7 Å². The Balaban J connectivity index is 1.38. The SMILES string of the molecule is CC[C@@H]1C[C@H](C)CCC=C[C@@H]2C[C@@]2(C(=O)NS(=O)(=O)C2(C)CC2)NC(=O)[C@@H]2C[C@@H](Oc3ncc(OC)c4cc(OC)ccc34)CN2C(=O)[C@H]1NC(=O)OC(C)(C)C(F)(F)F. The second kappa shape index (κ2) is 16.6. The summed E-state index contributed by atoms with van der Waals surface area (Å²) in [5.41, 5.74) is -4.55. The lowest BCUT2D eigenvalue weighted by Gasteiger charge is -2.35. The smallest absolute Gasteiger partial charge is 0.427 e. The lowest BCUT2D eigenvalue weighted by atomic mass is 9.85. The van der Waals surface area contributed by atoms with Crippen molar-refractivity contribution >= 4 is 44.6 Å². The van der Waals surface area contributed by atoms with Crippen molar-refractivity contribution in [2.45, 2.75) is 126 Å². The van der Waals surface area contributed by atoms with Crippen molar-refractivity contribution in [1.82, 2.24) is 25.2 Å². The first-order valence-corrected chi connectivity index (χ1v) is 21.7. The summed E-state index contributed by atoms with van der Waals surface area (Å²) >= 11 is 0. The van der Waals surface area contributed by atoms with Gasteiger partial charge in [-0.3, -0.25) is 19.1 Å². The van der Waals surface area contributed by atoms with Crippen molar-refractivity contribution in [1.29, 1.82) is 0 Å². The zero-order chi connectivity index (χ0) is 44.0. The Labute approximate surface area is 347 Å². The van der Waals surface area contributed by atoms with E-state index in [4.69, 9.17) is 18.9 Å². The van der Waals surface area contributed by atoms with E-state index in [2.05, 4.69) is 20.3 Å². The van der Waals surface area contributed by atoms with Crippen molar-refractivity contribution in [3.8, 4) is 17.4 Å². The second-order valence-electron chi connectivity index (χ2n) is 17.2. The molecule has 330 valence electrons. The number of sulfonamides is 1. The molecule has 1 aromatic heterocycles. The highest BCUT2D eigenvalue weighted by Crippen LogP contribution is 2.48. The number of nitrogens with one attached hydrogen (secondary N) is 3. The minimum absolute atomic E-state index is 0.0422. The molecule has 3 fully saturated rings. The average molecular weight is 866 g/mol. The Morgan fingerprint density at radius 2 is 1.80 bits per heavy atom. The molecular weight excluding hydrogens is 812 g/mol. The predicted molar refractivity (Wildman–Crippen MR) is 213 cm³/mol. The van der Waals surface area contributed by atoms with E-state index in [0.29, 0.717) is 74.6 Å². The van der Waals surface area contributed by atoms with Gasteiger partial charge in [-0.25, -0.2) is 18.2 Å². The van der Waals surface area contributed by atoms with E-state index < -0.39 is 85.9 Å². The van der Waals surface area contributed by atoms with Gasteiger partial charge in [0.25, 0.3) is 5.91 Å². The molecule has 60 heavy (non-hydrogen) atoms. The maximum Gasteiger partial charge on any atom is 0.427 e. The van der Waals surface area contributed by atoms with Crippen LogP contribution in [0.5, 0.6) is 17.4 Å². The zero-order valence-corrected chi connectivity index (χ0v) is 35.6. The third-order valence-electron chi connectivity index (χ3n) is 12.4. The molecule has 2 aromatic rings. The first-order valence-electron chi connectivity index (χ1n) is 20.2. The molecule has 15 nitrogen and oxygen atoms in total. The Morgan fingerprint density at radius 3 is 2.43 bits per heavy atom. The van der Waals surface area contributed by atoms with Gasteiger partial charge < -0.3 is 34.5 Å². The number of allylic oxidation sites excluding steroid dienone is 1. The van der Waals surface area contributed by atoms with Gasteiger partial charge in [-0.15, -0.1) is 0 Å². The molecule has 0 spiro atoms. The minimum Gasteiger partial charge on any atom is -0.497 e. The van der Waals surface area contributed by atoms with Gasteiger partial charge in [-0.2, -0.15) is 13.2 Å². The van der Waals surface area contributed by atoms with E-state index in [1.54, 1.807) is 31.2 Å². The monoisotopic (exact) mass is 865 g/mol.